The van der Waals surface area contributed by atoms with Gasteiger partial charge in [-0.2, -0.15) is 4.98 Å². The molecule has 0 aliphatic carbocycles. The first-order chi connectivity index (χ1) is 10.2. The summed E-state index contributed by atoms with van der Waals surface area (Å²) in [5.74, 6) is -0.578. The van der Waals surface area contributed by atoms with E-state index in [1.807, 2.05) is 0 Å². The van der Waals surface area contributed by atoms with Crippen LogP contribution in [0.4, 0.5) is 4.39 Å². The fraction of sp³-hybridized carbons (Fsp3) is 0.267. The Kier molecular flexibility index (Phi) is 4.81. The molecule has 2 aromatic rings. The topological polar surface area (TPSA) is 61.3 Å². The summed E-state index contributed by atoms with van der Waals surface area (Å²) < 4.78 is 23.5. The van der Waals surface area contributed by atoms with Gasteiger partial charge in [0.2, 0.25) is 5.88 Å². The lowest BCUT2D eigenvalue weighted by molar-refractivity contribution is 0.103. The first-order valence-corrected chi connectivity index (χ1v) is 6.58. The molecule has 21 heavy (non-hydrogen) atoms. The molecule has 0 bridgehead atoms. The van der Waals surface area contributed by atoms with Crippen molar-refractivity contribution in [3.05, 3.63) is 47.4 Å². The predicted molar refractivity (Wildman–Crippen MR) is 74.2 cm³/mol. The summed E-state index contributed by atoms with van der Waals surface area (Å²) in [4.78, 5) is 20.4. The van der Waals surface area contributed by atoms with Gasteiger partial charge in [-0.25, -0.2) is 9.37 Å². The smallest absolute Gasteiger partial charge is 0.319 e. The van der Waals surface area contributed by atoms with E-state index in [4.69, 9.17) is 9.47 Å². The summed E-state index contributed by atoms with van der Waals surface area (Å²) in [5.41, 5.74) is 0.553. The van der Waals surface area contributed by atoms with E-state index in [0.29, 0.717) is 18.8 Å². The average molecular weight is 290 g/mol. The zero-order valence-electron chi connectivity index (χ0n) is 11.8. The molecule has 0 aliphatic rings. The van der Waals surface area contributed by atoms with E-state index >= 15 is 0 Å². The number of rotatable bonds is 6. The van der Waals surface area contributed by atoms with Gasteiger partial charge < -0.3 is 9.47 Å². The number of aromatic nitrogens is 2. The Labute approximate surface area is 121 Å². The SMILES string of the molecule is CCOc1ncc(C(=O)c2ccc(F)cc2)c(OCC)n1. The lowest BCUT2D eigenvalue weighted by Gasteiger charge is -2.09. The zero-order chi connectivity index (χ0) is 15.2. The molecular weight excluding hydrogens is 275 g/mol. The third-order valence-electron chi connectivity index (χ3n) is 2.64. The molecule has 6 heteroatoms. The standard InChI is InChI=1S/C15H15FN2O3/c1-3-20-14-12(9-17-15(18-14)21-4-2)13(19)10-5-7-11(16)8-6-10/h5-9H,3-4H2,1-2H3. The molecule has 1 aromatic heterocycles. The molecule has 0 radical (unpaired) electrons. The molecular formula is C15H15FN2O3. The number of benzene rings is 1. The summed E-state index contributed by atoms with van der Waals surface area (Å²) in [7, 11) is 0. The molecule has 0 atom stereocenters. The minimum absolute atomic E-state index is 0.150. The second kappa shape index (κ2) is 6.78. The van der Waals surface area contributed by atoms with Gasteiger partial charge in [0.15, 0.2) is 5.78 Å². The largest absolute Gasteiger partial charge is 0.477 e. The number of nitrogens with zero attached hydrogens (tertiary/aromatic N) is 2. The van der Waals surface area contributed by atoms with Crippen molar-refractivity contribution >= 4 is 5.78 Å². The van der Waals surface area contributed by atoms with E-state index in [1.165, 1.54) is 30.5 Å². The van der Waals surface area contributed by atoms with Gasteiger partial charge in [-0.1, -0.05) is 0 Å². The Balaban J connectivity index is 2.37. The van der Waals surface area contributed by atoms with Crippen molar-refractivity contribution in [2.45, 2.75) is 13.8 Å². The van der Waals surface area contributed by atoms with Crippen molar-refractivity contribution in [3.8, 4) is 11.9 Å². The van der Waals surface area contributed by atoms with Crippen molar-refractivity contribution < 1.29 is 18.7 Å². The van der Waals surface area contributed by atoms with Crippen LogP contribution >= 0.6 is 0 Å². The number of carbonyl (C=O) groups is 1. The van der Waals surface area contributed by atoms with Crippen LogP contribution in [-0.2, 0) is 0 Å². The van der Waals surface area contributed by atoms with Crippen molar-refractivity contribution in [3.63, 3.8) is 0 Å². The van der Waals surface area contributed by atoms with Gasteiger partial charge in [-0.3, -0.25) is 4.79 Å². The summed E-state index contributed by atoms with van der Waals surface area (Å²) >= 11 is 0. The molecule has 0 aliphatic heterocycles. The van der Waals surface area contributed by atoms with Crippen LogP contribution < -0.4 is 9.47 Å². The van der Waals surface area contributed by atoms with Crippen molar-refractivity contribution in [2.75, 3.05) is 13.2 Å². The molecule has 0 N–H and O–H groups in total. The lowest BCUT2D eigenvalue weighted by atomic mass is 10.1. The van der Waals surface area contributed by atoms with E-state index < -0.39 is 5.82 Å². The number of halogens is 1. The van der Waals surface area contributed by atoms with Crippen LogP contribution in [0.25, 0.3) is 0 Å². The van der Waals surface area contributed by atoms with Crippen LogP contribution in [0.15, 0.2) is 30.5 Å². The Morgan fingerprint density at radius 1 is 1.14 bits per heavy atom. The molecule has 0 saturated carbocycles. The Morgan fingerprint density at radius 3 is 2.43 bits per heavy atom. The van der Waals surface area contributed by atoms with E-state index in [-0.39, 0.29) is 23.2 Å². The minimum Gasteiger partial charge on any atom is -0.477 e. The highest BCUT2D eigenvalue weighted by Crippen LogP contribution is 2.21. The quantitative estimate of drug-likeness (QED) is 0.765. The molecule has 2 rings (SSSR count). The predicted octanol–water partition coefficient (Wildman–Crippen LogP) is 2.64. The van der Waals surface area contributed by atoms with E-state index in [9.17, 15) is 9.18 Å². The number of hydrogen-bond acceptors (Lipinski definition) is 5. The molecule has 0 amide bonds. The van der Waals surface area contributed by atoms with Crippen molar-refractivity contribution in [2.24, 2.45) is 0 Å². The highest BCUT2D eigenvalue weighted by Gasteiger charge is 2.18. The summed E-state index contributed by atoms with van der Waals surface area (Å²) in [6, 6.07) is 5.41. The molecule has 0 unspecified atom stereocenters. The van der Waals surface area contributed by atoms with Crippen molar-refractivity contribution in [1.29, 1.82) is 0 Å². The fourth-order valence-electron chi connectivity index (χ4n) is 1.71. The Hall–Kier alpha value is -2.50. The molecule has 0 spiro atoms. The van der Waals surface area contributed by atoms with Gasteiger partial charge >= 0.3 is 6.01 Å². The fourth-order valence-corrected chi connectivity index (χ4v) is 1.71. The molecule has 110 valence electrons. The number of ketones is 1. The van der Waals surface area contributed by atoms with Crippen LogP contribution in [0.3, 0.4) is 0 Å². The first-order valence-electron chi connectivity index (χ1n) is 6.58. The van der Waals surface area contributed by atoms with Crippen LogP contribution in [0.5, 0.6) is 11.9 Å². The Morgan fingerprint density at radius 2 is 1.81 bits per heavy atom. The minimum atomic E-state index is -0.403. The van der Waals surface area contributed by atoms with E-state index in [0.717, 1.165) is 0 Å². The first kappa shape index (κ1) is 14.9. The van der Waals surface area contributed by atoms with Gasteiger partial charge in [0, 0.05) is 11.8 Å². The van der Waals surface area contributed by atoms with E-state index in [1.54, 1.807) is 13.8 Å². The van der Waals surface area contributed by atoms with Gasteiger partial charge in [-0.15, -0.1) is 0 Å². The molecule has 0 fully saturated rings. The normalized spacial score (nSPS) is 10.2. The van der Waals surface area contributed by atoms with Gasteiger partial charge in [0.05, 0.1) is 13.2 Å². The maximum Gasteiger partial charge on any atom is 0.319 e. The molecule has 0 saturated heterocycles. The maximum atomic E-state index is 12.9. The monoisotopic (exact) mass is 290 g/mol. The van der Waals surface area contributed by atoms with E-state index in [2.05, 4.69) is 9.97 Å². The van der Waals surface area contributed by atoms with Crippen LogP contribution in [0, 0.1) is 5.82 Å². The number of ether oxygens (including phenoxy) is 2. The zero-order valence-corrected chi connectivity index (χ0v) is 11.8. The summed E-state index contributed by atoms with van der Waals surface area (Å²) in [6.45, 7) is 4.36. The number of hydrogen-bond donors (Lipinski definition) is 0. The molecule has 1 heterocycles. The summed E-state index contributed by atoms with van der Waals surface area (Å²) in [5, 5.41) is 0. The molecule has 5 nitrogen and oxygen atoms in total. The maximum absolute atomic E-state index is 12.9. The highest BCUT2D eigenvalue weighted by atomic mass is 19.1. The molecule has 1 aromatic carbocycles. The summed E-state index contributed by atoms with van der Waals surface area (Å²) in [6.07, 6.45) is 1.36. The second-order valence-corrected chi connectivity index (χ2v) is 4.07. The van der Waals surface area contributed by atoms with Gasteiger partial charge in [-0.05, 0) is 38.1 Å². The van der Waals surface area contributed by atoms with Crippen molar-refractivity contribution in [1.82, 2.24) is 9.97 Å². The third kappa shape index (κ3) is 3.53. The van der Waals surface area contributed by atoms with Gasteiger partial charge in [0.25, 0.3) is 0 Å². The van der Waals surface area contributed by atoms with Crippen LogP contribution in [0.1, 0.15) is 29.8 Å². The lowest BCUT2D eigenvalue weighted by Crippen LogP contribution is -2.09. The Bertz CT molecular complexity index is 629. The van der Waals surface area contributed by atoms with Crippen LogP contribution in [-0.4, -0.2) is 29.0 Å². The third-order valence-corrected chi connectivity index (χ3v) is 2.64. The van der Waals surface area contributed by atoms with Gasteiger partial charge in [0.1, 0.15) is 11.4 Å². The number of carbonyl (C=O) groups excluding carboxylic acids is 1. The second-order valence-electron chi connectivity index (χ2n) is 4.07. The highest BCUT2D eigenvalue weighted by molar-refractivity contribution is 6.10. The van der Waals surface area contributed by atoms with Crippen LogP contribution in [0.2, 0.25) is 0 Å². The average Bonchev–Trinajstić information content (AvgIpc) is 2.48.